The van der Waals surface area contributed by atoms with E-state index in [4.69, 9.17) is 5.11 Å². The highest BCUT2D eigenvalue weighted by atomic mass is 16.4. The fourth-order valence-corrected chi connectivity index (χ4v) is 3.31. The summed E-state index contributed by atoms with van der Waals surface area (Å²) in [6.45, 7) is 0.558. The zero-order valence-corrected chi connectivity index (χ0v) is 14.5. The fourth-order valence-electron chi connectivity index (χ4n) is 3.31. The molecule has 4 nitrogen and oxygen atoms in total. The summed E-state index contributed by atoms with van der Waals surface area (Å²) < 4.78 is 1.94. The molecule has 0 fully saturated rings. The van der Waals surface area contributed by atoms with Crippen molar-refractivity contribution in [2.75, 3.05) is 0 Å². The molecule has 3 aromatic carbocycles. The van der Waals surface area contributed by atoms with E-state index in [0.717, 1.165) is 22.2 Å². The van der Waals surface area contributed by atoms with Crippen LogP contribution in [0.2, 0.25) is 0 Å². The molecule has 0 radical (unpaired) electrons. The van der Waals surface area contributed by atoms with Crippen LogP contribution in [-0.4, -0.2) is 21.4 Å². The van der Waals surface area contributed by atoms with Crippen LogP contribution in [0, 0.1) is 0 Å². The van der Waals surface area contributed by atoms with Crippen LogP contribution >= 0.6 is 0 Å². The SMILES string of the molecule is O=C(O)C(=O)c1cn(Cc2ccccc2)c2cc(-c3ccccc3)ccc12. The number of aliphatic carboxylic acids is 1. The van der Waals surface area contributed by atoms with Gasteiger partial charge in [-0.15, -0.1) is 0 Å². The van der Waals surface area contributed by atoms with E-state index in [1.54, 1.807) is 6.20 Å². The van der Waals surface area contributed by atoms with Gasteiger partial charge in [-0.05, 0) is 22.8 Å². The Kier molecular flexibility index (Phi) is 4.30. The number of rotatable bonds is 5. The Morgan fingerprint density at radius 1 is 0.815 bits per heavy atom. The van der Waals surface area contributed by atoms with Gasteiger partial charge < -0.3 is 9.67 Å². The molecule has 4 rings (SSSR count). The van der Waals surface area contributed by atoms with Crippen LogP contribution in [0.4, 0.5) is 0 Å². The Morgan fingerprint density at radius 2 is 1.48 bits per heavy atom. The van der Waals surface area contributed by atoms with E-state index in [-0.39, 0.29) is 5.56 Å². The summed E-state index contributed by atoms with van der Waals surface area (Å²) in [7, 11) is 0. The summed E-state index contributed by atoms with van der Waals surface area (Å²) in [6, 6.07) is 25.6. The number of ketones is 1. The molecule has 0 atom stereocenters. The van der Waals surface area contributed by atoms with Gasteiger partial charge in [0, 0.05) is 23.6 Å². The maximum absolute atomic E-state index is 12.2. The highest BCUT2D eigenvalue weighted by Gasteiger charge is 2.21. The number of carbonyl (C=O) groups is 2. The second kappa shape index (κ2) is 6.92. The molecule has 0 saturated heterocycles. The molecule has 0 bridgehead atoms. The fraction of sp³-hybridized carbons (Fsp3) is 0.0435. The lowest BCUT2D eigenvalue weighted by Gasteiger charge is -2.07. The number of fused-ring (bicyclic) bond motifs is 1. The molecule has 4 aromatic rings. The highest BCUT2D eigenvalue weighted by Crippen LogP contribution is 2.29. The van der Waals surface area contributed by atoms with E-state index in [1.165, 1.54) is 0 Å². The molecule has 0 aliphatic heterocycles. The van der Waals surface area contributed by atoms with E-state index in [0.29, 0.717) is 11.9 Å². The minimum Gasteiger partial charge on any atom is -0.475 e. The first-order valence-corrected chi connectivity index (χ1v) is 8.63. The van der Waals surface area contributed by atoms with Gasteiger partial charge in [0.1, 0.15) is 0 Å². The molecule has 0 spiro atoms. The van der Waals surface area contributed by atoms with Crippen molar-refractivity contribution >= 4 is 22.7 Å². The summed E-state index contributed by atoms with van der Waals surface area (Å²) in [6.07, 6.45) is 1.64. The number of Topliss-reactive ketones (excluding diaryl/α,β-unsaturated/α-hetero) is 1. The van der Waals surface area contributed by atoms with Crippen molar-refractivity contribution in [3.05, 3.63) is 96.2 Å². The second-order valence-corrected chi connectivity index (χ2v) is 6.39. The number of hydrogen-bond acceptors (Lipinski definition) is 2. The van der Waals surface area contributed by atoms with Crippen molar-refractivity contribution in [2.24, 2.45) is 0 Å². The molecule has 132 valence electrons. The van der Waals surface area contributed by atoms with Crippen LogP contribution in [-0.2, 0) is 11.3 Å². The minimum absolute atomic E-state index is 0.216. The van der Waals surface area contributed by atoms with Crippen molar-refractivity contribution in [2.45, 2.75) is 6.54 Å². The molecule has 27 heavy (non-hydrogen) atoms. The summed E-state index contributed by atoms with van der Waals surface area (Å²) >= 11 is 0. The number of benzene rings is 3. The van der Waals surface area contributed by atoms with Gasteiger partial charge >= 0.3 is 5.97 Å². The number of carboxylic acid groups (broad SMARTS) is 1. The molecule has 1 heterocycles. The lowest BCUT2D eigenvalue weighted by atomic mass is 10.0. The van der Waals surface area contributed by atoms with Crippen molar-refractivity contribution in [1.82, 2.24) is 4.57 Å². The average Bonchev–Trinajstić information content (AvgIpc) is 3.06. The zero-order chi connectivity index (χ0) is 18.8. The number of hydrogen-bond donors (Lipinski definition) is 1. The van der Waals surface area contributed by atoms with E-state index < -0.39 is 11.8 Å². The molecule has 0 unspecified atom stereocenters. The highest BCUT2D eigenvalue weighted by molar-refractivity contribution is 6.42. The first-order chi connectivity index (χ1) is 13.1. The average molecular weight is 355 g/mol. The second-order valence-electron chi connectivity index (χ2n) is 6.39. The zero-order valence-electron chi connectivity index (χ0n) is 14.5. The van der Waals surface area contributed by atoms with Gasteiger partial charge in [-0.25, -0.2) is 4.79 Å². The maximum atomic E-state index is 12.2. The summed E-state index contributed by atoms with van der Waals surface area (Å²) in [5, 5.41) is 9.82. The molecule has 0 saturated carbocycles. The van der Waals surface area contributed by atoms with Crippen molar-refractivity contribution in [3.63, 3.8) is 0 Å². The first kappa shape index (κ1) is 16.8. The van der Waals surface area contributed by atoms with Crippen molar-refractivity contribution in [3.8, 4) is 11.1 Å². The normalized spacial score (nSPS) is 10.8. The van der Waals surface area contributed by atoms with Crippen LogP contribution < -0.4 is 0 Å². The number of aromatic nitrogens is 1. The van der Waals surface area contributed by atoms with Gasteiger partial charge in [0.2, 0.25) is 0 Å². The lowest BCUT2D eigenvalue weighted by Crippen LogP contribution is -2.12. The predicted octanol–water partition coefficient (Wildman–Crippen LogP) is 4.62. The third-order valence-corrected chi connectivity index (χ3v) is 4.62. The molecule has 0 amide bonds. The van der Waals surface area contributed by atoms with Gasteiger partial charge in [-0.3, -0.25) is 4.79 Å². The standard InChI is InChI=1S/C23H17NO3/c25-22(23(26)27)20-15-24(14-16-7-3-1-4-8-16)21-13-18(11-12-19(20)21)17-9-5-2-6-10-17/h1-13,15H,14H2,(H,26,27). The monoisotopic (exact) mass is 355 g/mol. The van der Waals surface area contributed by atoms with E-state index in [2.05, 4.69) is 0 Å². The Balaban J connectivity index is 1.88. The van der Waals surface area contributed by atoms with Crippen LogP contribution in [0.25, 0.3) is 22.0 Å². The predicted molar refractivity (Wildman–Crippen MR) is 105 cm³/mol. The topological polar surface area (TPSA) is 59.3 Å². The Bertz CT molecular complexity index is 1130. The molecule has 0 aliphatic rings. The molecule has 1 aromatic heterocycles. The van der Waals surface area contributed by atoms with Gasteiger partial charge in [-0.2, -0.15) is 0 Å². The molecule has 4 heteroatoms. The van der Waals surface area contributed by atoms with E-state index >= 15 is 0 Å². The quantitative estimate of drug-likeness (QED) is 0.420. The van der Waals surface area contributed by atoms with Crippen LogP contribution in [0.3, 0.4) is 0 Å². The molecule has 1 N–H and O–H groups in total. The van der Waals surface area contributed by atoms with Crippen molar-refractivity contribution < 1.29 is 14.7 Å². The molecular weight excluding hydrogens is 338 g/mol. The minimum atomic E-state index is -1.44. The third-order valence-electron chi connectivity index (χ3n) is 4.62. The van der Waals surface area contributed by atoms with Gasteiger partial charge in [0.05, 0.1) is 5.56 Å². The van der Waals surface area contributed by atoms with Crippen LogP contribution in [0.1, 0.15) is 15.9 Å². The Hall–Kier alpha value is -3.66. The lowest BCUT2D eigenvalue weighted by molar-refractivity contribution is -0.131. The summed E-state index contributed by atoms with van der Waals surface area (Å²) in [4.78, 5) is 23.4. The Labute approximate surface area is 156 Å². The molecule has 0 aliphatic carbocycles. The smallest absolute Gasteiger partial charge is 0.377 e. The number of nitrogens with zero attached hydrogens (tertiary/aromatic N) is 1. The largest absolute Gasteiger partial charge is 0.475 e. The Morgan fingerprint density at radius 3 is 2.15 bits per heavy atom. The van der Waals surface area contributed by atoms with Crippen LogP contribution in [0.5, 0.6) is 0 Å². The third kappa shape index (κ3) is 3.25. The number of carboxylic acids is 1. The first-order valence-electron chi connectivity index (χ1n) is 8.63. The summed E-state index contributed by atoms with van der Waals surface area (Å²) in [5.74, 6) is -2.33. The number of carbonyl (C=O) groups excluding carboxylic acids is 1. The summed E-state index contributed by atoms with van der Waals surface area (Å²) in [5.41, 5.74) is 4.22. The molecular formula is C23H17NO3. The van der Waals surface area contributed by atoms with E-state index in [9.17, 15) is 9.59 Å². The van der Waals surface area contributed by atoms with Crippen molar-refractivity contribution in [1.29, 1.82) is 0 Å². The maximum Gasteiger partial charge on any atom is 0.377 e. The van der Waals surface area contributed by atoms with Gasteiger partial charge in [0.25, 0.3) is 5.78 Å². The van der Waals surface area contributed by atoms with Gasteiger partial charge in [0.15, 0.2) is 0 Å². The van der Waals surface area contributed by atoms with E-state index in [1.807, 2.05) is 83.4 Å². The van der Waals surface area contributed by atoms with Gasteiger partial charge in [-0.1, -0.05) is 72.8 Å². The van der Waals surface area contributed by atoms with Crippen LogP contribution in [0.15, 0.2) is 85.1 Å².